The summed E-state index contributed by atoms with van der Waals surface area (Å²) in [5.41, 5.74) is 8.28. The van der Waals surface area contributed by atoms with E-state index in [0.29, 0.717) is 17.9 Å². The second kappa shape index (κ2) is 8.53. The van der Waals surface area contributed by atoms with E-state index in [1.807, 2.05) is 18.2 Å². The number of rotatable bonds is 7. The van der Waals surface area contributed by atoms with Crippen molar-refractivity contribution in [3.05, 3.63) is 59.2 Å². The molecule has 2 N–H and O–H groups in total. The number of unbranched alkanes of at least 4 members (excludes halogenated alkanes) is 1. The van der Waals surface area contributed by atoms with E-state index in [9.17, 15) is 8.42 Å². The van der Waals surface area contributed by atoms with Gasteiger partial charge in [0.05, 0.1) is 11.6 Å². The van der Waals surface area contributed by atoms with Gasteiger partial charge in [-0.05, 0) is 79.9 Å². The van der Waals surface area contributed by atoms with Crippen LogP contribution < -0.4 is 9.92 Å². The molecule has 0 unspecified atom stereocenters. The SMILES string of the molecule is N#Cc1ccc(S(=O)(=O)Oc2ccc3c(c2)CN(CCCCN)CC3)cc1. The Hall–Kier alpha value is -2.40. The molecule has 0 amide bonds. The Morgan fingerprint density at radius 1 is 1.11 bits per heavy atom. The van der Waals surface area contributed by atoms with Crippen molar-refractivity contribution in [1.82, 2.24) is 4.90 Å². The maximum Gasteiger partial charge on any atom is 0.339 e. The molecule has 7 heteroatoms. The molecule has 0 atom stereocenters. The minimum Gasteiger partial charge on any atom is -0.379 e. The zero-order valence-corrected chi connectivity index (χ0v) is 15.9. The normalized spacial score (nSPS) is 14.4. The maximum absolute atomic E-state index is 12.5. The first kappa shape index (κ1) is 19.4. The van der Waals surface area contributed by atoms with Gasteiger partial charge in [-0.1, -0.05) is 6.07 Å². The number of hydrogen-bond acceptors (Lipinski definition) is 6. The van der Waals surface area contributed by atoms with Crippen molar-refractivity contribution in [2.75, 3.05) is 19.6 Å². The summed E-state index contributed by atoms with van der Waals surface area (Å²) < 4.78 is 30.3. The molecule has 1 aliphatic rings. The van der Waals surface area contributed by atoms with Crippen molar-refractivity contribution in [3.63, 3.8) is 0 Å². The van der Waals surface area contributed by atoms with Gasteiger partial charge in [-0.25, -0.2) is 0 Å². The second-order valence-corrected chi connectivity index (χ2v) is 8.17. The monoisotopic (exact) mass is 385 g/mol. The lowest BCUT2D eigenvalue weighted by atomic mass is 9.99. The van der Waals surface area contributed by atoms with Gasteiger partial charge < -0.3 is 9.92 Å². The Morgan fingerprint density at radius 2 is 1.89 bits per heavy atom. The van der Waals surface area contributed by atoms with E-state index < -0.39 is 10.1 Å². The molecule has 0 spiro atoms. The molecule has 0 fully saturated rings. The molecule has 0 saturated heterocycles. The van der Waals surface area contributed by atoms with E-state index in [0.717, 1.165) is 44.5 Å². The zero-order valence-electron chi connectivity index (χ0n) is 15.1. The highest BCUT2D eigenvalue weighted by Crippen LogP contribution is 2.26. The summed E-state index contributed by atoms with van der Waals surface area (Å²) in [6.07, 6.45) is 3.02. The van der Waals surface area contributed by atoms with Crippen LogP contribution in [0.15, 0.2) is 47.4 Å². The molecule has 1 aliphatic heterocycles. The standard InChI is InChI=1S/C20H23N3O3S/c21-10-1-2-11-23-12-9-17-5-6-19(13-18(17)15-23)26-27(24,25)20-7-3-16(14-22)4-8-20/h3-8,13H,1-2,9-12,15,21H2. The Balaban J connectivity index is 1.73. The van der Waals surface area contributed by atoms with Crippen LogP contribution in [-0.2, 0) is 23.1 Å². The number of nitrogens with two attached hydrogens (primary N) is 1. The van der Waals surface area contributed by atoms with Gasteiger partial charge in [0, 0.05) is 13.1 Å². The minimum absolute atomic E-state index is 0.0302. The molecule has 3 rings (SSSR count). The van der Waals surface area contributed by atoms with Crippen LogP contribution in [0.5, 0.6) is 5.75 Å². The van der Waals surface area contributed by atoms with E-state index in [-0.39, 0.29) is 4.90 Å². The number of benzene rings is 2. The van der Waals surface area contributed by atoms with Gasteiger partial charge in [-0.2, -0.15) is 13.7 Å². The first-order valence-electron chi connectivity index (χ1n) is 9.01. The molecule has 142 valence electrons. The summed E-state index contributed by atoms with van der Waals surface area (Å²) >= 11 is 0. The third-order valence-electron chi connectivity index (χ3n) is 4.68. The van der Waals surface area contributed by atoms with Crippen molar-refractivity contribution in [1.29, 1.82) is 5.26 Å². The first-order valence-corrected chi connectivity index (χ1v) is 10.4. The molecule has 0 saturated carbocycles. The van der Waals surface area contributed by atoms with Crippen LogP contribution in [0.2, 0.25) is 0 Å². The fourth-order valence-corrected chi connectivity index (χ4v) is 4.11. The minimum atomic E-state index is -3.93. The topological polar surface area (TPSA) is 96.4 Å². The fourth-order valence-electron chi connectivity index (χ4n) is 3.19. The van der Waals surface area contributed by atoms with E-state index in [1.54, 1.807) is 6.07 Å². The third kappa shape index (κ3) is 4.86. The quantitative estimate of drug-likeness (QED) is 0.581. The molecule has 6 nitrogen and oxygen atoms in total. The van der Waals surface area contributed by atoms with E-state index in [4.69, 9.17) is 15.2 Å². The highest BCUT2D eigenvalue weighted by molar-refractivity contribution is 7.87. The van der Waals surface area contributed by atoms with Crippen LogP contribution in [0.4, 0.5) is 0 Å². The van der Waals surface area contributed by atoms with Crippen LogP contribution in [0.3, 0.4) is 0 Å². The lowest BCUT2D eigenvalue weighted by Crippen LogP contribution is -2.31. The van der Waals surface area contributed by atoms with Gasteiger partial charge in [-0.15, -0.1) is 0 Å². The van der Waals surface area contributed by atoms with Crippen LogP contribution in [0, 0.1) is 11.3 Å². The third-order valence-corrected chi connectivity index (χ3v) is 5.94. The molecule has 27 heavy (non-hydrogen) atoms. The largest absolute Gasteiger partial charge is 0.379 e. The Kier molecular flexibility index (Phi) is 6.11. The molecule has 0 radical (unpaired) electrons. The maximum atomic E-state index is 12.5. The number of hydrogen-bond donors (Lipinski definition) is 1. The summed E-state index contributed by atoms with van der Waals surface area (Å²) in [5.74, 6) is 0.307. The number of nitrogens with zero attached hydrogens (tertiary/aromatic N) is 2. The van der Waals surface area contributed by atoms with E-state index in [1.165, 1.54) is 29.8 Å². The molecule has 2 aromatic carbocycles. The number of fused-ring (bicyclic) bond motifs is 1. The van der Waals surface area contributed by atoms with Crippen LogP contribution in [0.25, 0.3) is 0 Å². The van der Waals surface area contributed by atoms with Gasteiger partial charge in [-0.3, -0.25) is 4.90 Å². The lowest BCUT2D eigenvalue weighted by molar-refractivity contribution is 0.249. The highest BCUT2D eigenvalue weighted by atomic mass is 32.2. The molecule has 1 heterocycles. The average Bonchev–Trinajstić information content (AvgIpc) is 2.67. The predicted octanol–water partition coefficient (Wildman–Crippen LogP) is 2.42. The van der Waals surface area contributed by atoms with Crippen molar-refractivity contribution in [3.8, 4) is 11.8 Å². The van der Waals surface area contributed by atoms with Crippen LogP contribution in [0.1, 0.15) is 29.5 Å². The summed E-state index contributed by atoms with van der Waals surface area (Å²) in [5, 5.41) is 8.83. The van der Waals surface area contributed by atoms with Crippen molar-refractivity contribution in [2.24, 2.45) is 5.73 Å². The molecule has 2 aromatic rings. The summed E-state index contributed by atoms with van der Waals surface area (Å²) in [4.78, 5) is 2.39. The summed E-state index contributed by atoms with van der Waals surface area (Å²) in [6, 6.07) is 13.1. The molecular formula is C20H23N3O3S. The van der Waals surface area contributed by atoms with Crippen molar-refractivity contribution < 1.29 is 12.6 Å². The number of nitriles is 1. The van der Waals surface area contributed by atoms with E-state index in [2.05, 4.69) is 4.90 Å². The Labute approximate surface area is 160 Å². The van der Waals surface area contributed by atoms with Crippen LogP contribution in [-0.4, -0.2) is 33.0 Å². The van der Waals surface area contributed by atoms with Gasteiger partial charge in [0.1, 0.15) is 10.6 Å². The highest BCUT2D eigenvalue weighted by Gasteiger charge is 2.20. The van der Waals surface area contributed by atoms with Crippen molar-refractivity contribution >= 4 is 10.1 Å². The van der Waals surface area contributed by atoms with Gasteiger partial charge in [0.2, 0.25) is 0 Å². The van der Waals surface area contributed by atoms with Crippen molar-refractivity contribution in [2.45, 2.75) is 30.7 Å². The molecule has 0 bridgehead atoms. The fraction of sp³-hybridized carbons (Fsp3) is 0.350. The first-order chi connectivity index (χ1) is 13.0. The lowest BCUT2D eigenvalue weighted by Gasteiger charge is -2.29. The smallest absolute Gasteiger partial charge is 0.339 e. The van der Waals surface area contributed by atoms with E-state index >= 15 is 0 Å². The summed E-state index contributed by atoms with van der Waals surface area (Å²) in [6.45, 7) is 3.48. The Bertz CT molecular complexity index is 934. The van der Waals surface area contributed by atoms with Gasteiger partial charge in [0.25, 0.3) is 0 Å². The Morgan fingerprint density at radius 3 is 2.59 bits per heavy atom. The predicted molar refractivity (Wildman–Crippen MR) is 103 cm³/mol. The average molecular weight is 385 g/mol. The molecule has 0 aromatic heterocycles. The summed E-state index contributed by atoms with van der Waals surface area (Å²) in [7, 11) is -3.93. The zero-order chi connectivity index (χ0) is 19.3. The molecular weight excluding hydrogens is 362 g/mol. The van der Waals surface area contributed by atoms with Gasteiger partial charge >= 0.3 is 10.1 Å². The second-order valence-electron chi connectivity index (χ2n) is 6.63. The van der Waals surface area contributed by atoms with Gasteiger partial charge in [0.15, 0.2) is 0 Å². The molecule has 0 aliphatic carbocycles. The van der Waals surface area contributed by atoms with Crippen LogP contribution >= 0.6 is 0 Å².